The third-order valence-electron chi connectivity index (χ3n) is 2.41. The Kier molecular flexibility index (Phi) is 2.87. The number of aldehydes is 1. The van der Waals surface area contributed by atoms with Gasteiger partial charge >= 0.3 is 0 Å². The summed E-state index contributed by atoms with van der Waals surface area (Å²) in [4.78, 5) is 10.6. The molecule has 0 heterocycles. The van der Waals surface area contributed by atoms with Gasteiger partial charge in [-0.3, -0.25) is 4.79 Å². The van der Waals surface area contributed by atoms with Crippen LogP contribution >= 0.6 is 0 Å². The fourth-order valence-corrected chi connectivity index (χ4v) is 1.58. The zero-order valence-electron chi connectivity index (χ0n) is 8.65. The van der Waals surface area contributed by atoms with Crippen LogP contribution in [-0.2, 0) is 0 Å². The van der Waals surface area contributed by atoms with Gasteiger partial charge in [0.25, 0.3) is 0 Å². The van der Waals surface area contributed by atoms with Crippen molar-refractivity contribution in [3.05, 3.63) is 53.6 Å². The molecule has 0 saturated heterocycles. The number of phenols is 1. The van der Waals surface area contributed by atoms with Gasteiger partial charge in [-0.2, -0.15) is 0 Å². The second-order valence-corrected chi connectivity index (χ2v) is 3.49. The summed E-state index contributed by atoms with van der Waals surface area (Å²) in [6.07, 6.45) is 0.428. The van der Waals surface area contributed by atoms with Crippen LogP contribution < -0.4 is 0 Å². The number of hydrogen-bond donors (Lipinski definition) is 1. The van der Waals surface area contributed by atoms with Crippen LogP contribution in [0.5, 0.6) is 5.75 Å². The Hall–Kier alpha value is -2.23. The van der Waals surface area contributed by atoms with Crippen LogP contribution in [0.2, 0.25) is 0 Å². The van der Waals surface area contributed by atoms with Crippen LogP contribution in [-0.4, -0.2) is 11.4 Å². The van der Waals surface area contributed by atoms with E-state index in [1.807, 2.05) is 0 Å². The van der Waals surface area contributed by atoms with Crippen molar-refractivity contribution < 1.29 is 18.7 Å². The quantitative estimate of drug-likeness (QED) is 0.810. The van der Waals surface area contributed by atoms with E-state index in [0.29, 0.717) is 6.29 Å². The van der Waals surface area contributed by atoms with Gasteiger partial charge in [0, 0.05) is 0 Å². The molecule has 0 aromatic heterocycles. The summed E-state index contributed by atoms with van der Waals surface area (Å²) in [6.45, 7) is 0. The molecule has 17 heavy (non-hydrogen) atoms. The lowest BCUT2D eigenvalue weighted by molar-refractivity contribution is 0.112. The van der Waals surface area contributed by atoms with E-state index in [9.17, 15) is 18.7 Å². The van der Waals surface area contributed by atoms with E-state index in [1.165, 1.54) is 24.3 Å². The molecule has 0 aliphatic rings. The standard InChI is InChI=1S/C13H8F2O2/c14-10-2-1-3-11(15)13(10)8-4-5-12(17)9(6-8)7-16/h1-7,17H. The molecule has 0 aliphatic heterocycles. The minimum absolute atomic E-state index is 0.00912. The number of carbonyl (C=O) groups excluding carboxylic acids is 1. The van der Waals surface area contributed by atoms with Crippen LogP contribution in [0.15, 0.2) is 36.4 Å². The van der Waals surface area contributed by atoms with Crippen molar-refractivity contribution in [2.45, 2.75) is 0 Å². The molecule has 0 spiro atoms. The largest absolute Gasteiger partial charge is 0.507 e. The molecule has 2 aromatic rings. The SMILES string of the molecule is O=Cc1cc(-c2c(F)cccc2F)ccc1O. The first-order valence-corrected chi connectivity index (χ1v) is 4.86. The molecular weight excluding hydrogens is 226 g/mol. The van der Waals surface area contributed by atoms with E-state index >= 15 is 0 Å². The number of benzene rings is 2. The smallest absolute Gasteiger partial charge is 0.153 e. The Morgan fingerprint density at radius 2 is 1.71 bits per heavy atom. The Morgan fingerprint density at radius 1 is 1.06 bits per heavy atom. The van der Waals surface area contributed by atoms with Crippen LogP contribution in [0.1, 0.15) is 10.4 Å². The number of aromatic hydroxyl groups is 1. The molecule has 0 amide bonds. The first kappa shape index (κ1) is 11.3. The highest BCUT2D eigenvalue weighted by Crippen LogP contribution is 2.29. The fourth-order valence-electron chi connectivity index (χ4n) is 1.58. The van der Waals surface area contributed by atoms with E-state index in [1.54, 1.807) is 0 Å². The minimum Gasteiger partial charge on any atom is -0.507 e. The Morgan fingerprint density at radius 3 is 2.29 bits per heavy atom. The zero-order chi connectivity index (χ0) is 12.4. The highest BCUT2D eigenvalue weighted by atomic mass is 19.1. The van der Waals surface area contributed by atoms with Crippen molar-refractivity contribution in [1.82, 2.24) is 0 Å². The molecule has 2 aromatic carbocycles. The third kappa shape index (κ3) is 2.01. The number of carbonyl (C=O) groups is 1. The summed E-state index contributed by atoms with van der Waals surface area (Å²) in [5, 5.41) is 9.30. The van der Waals surface area contributed by atoms with Gasteiger partial charge in [0.15, 0.2) is 6.29 Å². The second kappa shape index (κ2) is 4.33. The summed E-state index contributed by atoms with van der Waals surface area (Å²) >= 11 is 0. The predicted molar refractivity (Wildman–Crippen MR) is 58.8 cm³/mol. The number of rotatable bonds is 2. The molecule has 0 atom stereocenters. The zero-order valence-corrected chi connectivity index (χ0v) is 8.65. The molecule has 4 heteroatoms. The first-order valence-electron chi connectivity index (χ1n) is 4.86. The lowest BCUT2D eigenvalue weighted by Crippen LogP contribution is -1.91. The van der Waals surface area contributed by atoms with Crippen LogP contribution in [0, 0.1) is 11.6 Å². The van der Waals surface area contributed by atoms with Crippen LogP contribution in [0.25, 0.3) is 11.1 Å². The normalized spacial score (nSPS) is 10.2. The summed E-state index contributed by atoms with van der Waals surface area (Å²) in [5.41, 5.74) is -0.0127. The van der Waals surface area contributed by atoms with Crippen molar-refractivity contribution in [3.8, 4) is 16.9 Å². The molecule has 0 bridgehead atoms. The molecule has 0 fully saturated rings. The van der Waals surface area contributed by atoms with Crippen LogP contribution in [0.3, 0.4) is 0 Å². The molecule has 0 aliphatic carbocycles. The van der Waals surface area contributed by atoms with E-state index in [2.05, 4.69) is 0 Å². The summed E-state index contributed by atoms with van der Waals surface area (Å²) < 4.78 is 27.0. The van der Waals surface area contributed by atoms with Crippen molar-refractivity contribution >= 4 is 6.29 Å². The lowest BCUT2D eigenvalue weighted by atomic mass is 10.0. The molecule has 86 valence electrons. The van der Waals surface area contributed by atoms with E-state index in [-0.39, 0.29) is 22.4 Å². The summed E-state index contributed by atoms with van der Waals surface area (Å²) in [5.74, 6) is -1.65. The highest BCUT2D eigenvalue weighted by molar-refractivity contribution is 5.82. The first-order chi connectivity index (χ1) is 8.13. The molecular formula is C13H8F2O2. The van der Waals surface area contributed by atoms with Crippen LogP contribution in [0.4, 0.5) is 8.78 Å². The van der Waals surface area contributed by atoms with Gasteiger partial charge in [0.1, 0.15) is 17.4 Å². The predicted octanol–water partition coefficient (Wildman–Crippen LogP) is 3.15. The maximum Gasteiger partial charge on any atom is 0.153 e. The molecule has 2 rings (SSSR count). The highest BCUT2D eigenvalue weighted by Gasteiger charge is 2.12. The summed E-state index contributed by atoms with van der Waals surface area (Å²) in [7, 11) is 0. The Bertz CT molecular complexity index is 559. The van der Waals surface area contributed by atoms with Gasteiger partial charge in [-0.05, 0) is 29.8 Å². The van der Waals surface area contributed by atoms with Gasteiger partial charge in [-0.1, -0.05) is 12.1 Å². The third-order valence-corrected chi connectivity index (χ3v) is 2.41. The Labute approximate surface area is 96.1 Å². The molecule has 2 nitrogen and oxygen atoms in total. The van der Waals surface area contributed by atoms with E-state index in [4.69, 9.17) is 0 Å². The molecule has 1 N–H and O–H groups in total. The van der Waals surface area contributed by atoms with E-state index in [0.717, 1.165) is 12.1 Å². The van der Waals surface area contributed by atoms with Crippen molar-refractivity contribution in [2.24, 2.45) is 0 Å². The van der Waals surface area contributed by atoms with E-state index < -0.39 is 11.6 Å². The average molecular weight is 234 g/mol. The van der Waals surface area contributed by atoms with Gasteiger partial charge in [0.05, 0.1) is 11.1 Å². The van der Waals surface area contributed by atoms with Crippen molar-refractivity contribution in [3.63, 3.8) is 0 Å². The van der Waals surface area contributed by atoms with Gasteiger partial charge in [0.2, 0.25) is 0 Å². The molecule has 0 saturated carbocycles. The Balaban J connectivity index is 2.65. The molecule has 0 unspecified atom stereocenters. The average Bonchev–Trinajstić information content (AvgIpc) is 2.31. The summed E-state index contributed by atoms with van der Waals surface area (Å²) in [6, 6.07) is 7.34. The fraction of sp³-hybridized carbons (Fsp3) is 0. The van der Waals surface area contributed by atoms with Gasteiger partial charge in [-0.15, -0.1) is 0 Å². The minimum atomic E-state index is -0.715. The topological polar surface area (TPSA) is 37.3 Å². The van der Waals surface area contributed by atoms with Gasteiger partial charge in [-0.25, -0.2) is 8.78 Å². The van der Waals surface area contributed by atoms with Crippen molar-refractivity contribution in [1.29, 1.82) is 0 Å². The monoisotopic (exact) mass is 234 g/mol. The number of phenolic OH excluding ortho intramolecular Hbond substituents is 1. The lowest BCUT2D eigenvalue weighted by Gasteiger charge is -2.06. The number of halogens is 2. The maximum absolute atomic E-state index is 13.5. The van der Waals surface area contributed by atoms with Crippen molar-refractivity contribution in [2.75, 3.05) is 0 Å². The number of hydrogen-bond acceptors (Lipinski definition) is 2. The second-order valence-electron chi connectivity index (χ2n) is 3.49. The maximum atomic E-state index is 13.5. The van der Waals surface area contributed by atoms with Gasteiger partial charge < -0.3 is 5.11 Å². The molecule has 0 radical (unpaired) electrons.